The highest BCUT2D eigenvalue weighted by molar-refractivity contribution is 5.85. The Labute approximate surface area is 105 Å². The van der Waals surface area contributed by atoms with Gasteiger partial charge in [-0.3, -0.25) is 4.79 Å². The summed E-state index contributed by atoms with van der Waals surface area (Å²) in [5.74, 6) is -0.281. The summed E-state index contributed by atoms with van der Waals surface area (Å²) in [6, 6.07) is 9.89. The van der Waals surface area contributed by atoms with E-state index in [1.807, 2.05) is 34.9 Å². The Morgan fingerprint density at radius 2 is 2.00 bits per heavy atom. The van der Waals surface area contributed by atoms with Gasteiger partial charge in [-0.2, -0.15) is 0 Å². The summed E-state index contributed by atoms with van der Waals surface area (Å²) >= 11 is 0. The Morgan fingerprint density at radius 3 is 2.65 bits per heavy atom. The lowest BCUT2D eigenvalue weighted by molar-refractivity contribution is -0.136. The van der Waals surface area contributed by atoms with E-state index in [0.29, 0.717) is 12.4 Å². The molecule has 0 aliphatic heterocycles. The molecule has 1 N–H and O–H groups in total. The molecular formula is C12H13ClN2O2. The van der Waals surface area contributed by atoms with Crippen LogP contribution in [0.4, 0.5) is 0 Å². The highest BCUT2D eigenvalue weighted by Gasteiger charge is 2.07. The lowest BCUT2D eigenvalue weighted by Crippen LogP contribution is -2.09. The predicted octanol–water partition coefficient (Wildman–Crippen LogP) is 1.98. The van der Waals surface area contributed by atoms with E-state index in [1.165, 1.54) is 0 Å². The highest BCUT2D eigenvalue weighted by Crippen LogP contribution is 2.05. The van der Waals surface area contributed by atoms with Crippen LogP contribution in [-0.4, -0.2) is 20.6 Å². The minimum atomic E-state index is -0.861. The fraction of sp³-hybridized carbons (Fsp3) is 0.167. The van der Waals surface area contributed by atoms with Crippen LogP contribution in [0.1, 0.15) is 11.4 Å². The zero-order valence-corrected chi connectivity index (χ0v) is 9.93. The standard InChI is InChI=1S/C12H12N2O2.ClH/c15-12(16)8-11-13-6-7-14(11)9-10-4-2-1-3-5-10;/h1-7H,8-9H2,(H,15,16);1H. The van der Waals surface area contributed by atoms with E-state index in [0.717, 1.165) is 5.56 Å². The molecule has 0 unspecified atom stereocenters. The highest BCUT2D eigenvalue weighted by atomic mass is 35.5. The van der Waals surface area contributed by atoms with Crippen LogP contribution in [0.15, 0.2) is 42.7 Å². The first-order valence-corrected chi connectivity index (χ1v) is 5.01. The molecule has 1 heterocycles. The van der Waals surface area contributed by atoms with Crippen molar-refractivity contribution in [2.45, 2.75) is 13.0 Å². The SMILES string of the molecule is Cl.O=C(O)Cc1nccn1Cc1ccccc1. The maximum Gasteiger partial charge on any atom is 0.311 e. The summed E-state index contributed by atoms with van der Waals surface area (Å²) in [7, 11) is 0. The Kier molecular flexibility index (Phi) is 4.72. The Balaban J connectivity index is 0.00000144. The number of hydrogen-bond acceptors (Lipinski definition) is 2. The van der Waals surface area contributed by atoms with Gasteiger partial charge in [-0.15, -0.1) is 12.4 Å². The summed E-state index contributed by atoms with van der Waals surface area (Å²) in [6.45, 7) is 0.656. The first-order chi connectivity index (χ1) is 7.75. The zero-order valence-electron chi connectivity index (χ0n) is 9.11. The minimum Gasteiger partial charge on any atom is -0.481 e. The van der Waals surface area contributed by atoms with Crippen LogP contribution >= 0.6 is 12.4 Å². The van der Waals surface area contributed by atoms with Crippen LogP contribution in [0.2, 0.25) is 0 Å². The quantitative estimate of drug-likeness (QED) is 0.905. The van der Waals surface area contributed by atoms with E-state index in [4.69, 9.17) is 5.11 Å². The number of rotatable bonds is 4. The first kappa shape index (κ1) is 13.3. The van der Waals surface area contributed by atoms with Gasteiger partial charge in [0.05, 0.1) is 0 Å². The number of aliphatic carboxylic acids is 1. The molecule has 0 aliphatic carbocycles. The van der Waals surface area contributed by atoms with Crippen molar-refractivity contribution < 1.29 is 9.90 Å². The topological polar surface area (TPSA) is 55.1 Å². The number of aromatic nitrogens is 2. The van der Waals surface area contributed by atoms with Crippen molar-refractivity contribution in [3.63, 3.8) is 0 Å². The van der Waals surface area contributed by atoms with Crippen molar-refractivity contribution in [3.8, 4) is 0 Å². The van der Waals surface area contributed by atoms with Gasteiger partial charge in [0.1, 0.15) is 12.2 Å². The summed E-state index contributed by atoms with van der Waals surface area (Å²) < 4.78 is 1.85. The summed E-state index contributed by atoms with van der Waals surface area (Å²) in [5, 5.41) is 8.72. The van der Waals surface area contributed by atoms with Gasteiger partial charge in [0.25, 0.3) is 0 Å². The van der Waals surface area contributed by atoms with Gasteiger partial charge in [0.2, 0.25) is 0 Å². The van der Waals surface area contributed by atoms with E-state index in [9.17, 15) is 4.79 Å². The molecule has 5 heteroatoms. The molecule has 0 atom stereocenters. The molecular weight excluding hydrogens is 240 g/mol. The summed E-state index contributed by atoms with van der Waals surface area (Å²) in [4.78, 5) is 14.7. The number of carbonyl (C=O) groups is 1. The second-order valence-electron chi connectivity index (χ2n) is 3.53. The normalized spacial score (nSPS) is 9.65. The van der Waals surface area contributed by atoms with Crippen molar-refractivity contribution in [2.24, 2.45) is 0 Å². The molecule has 17 heavy (non-hydrogen) atoms. The van der Waals surface area contributed by atoms with Gasteiger partial charge in [-0.25, -0.2) is 4.98 Å². The third kappa shape index (κ3) is 3.60. The molecule has 0 bridgehead atoms. The Bertz CT molecular complexity index is 482. The Hall–Kier alpha value is -1.81. The smallest absolute Gasteiger partial charge is 0.311 e. The third-order valence-corrected chi connectivity index (χ3v) is 2.31. The number of carboxylic acid groups (broad SMARTS) is 1. The van der Waals surface area contributed by atoms with Crippen molar-refractivity contribution in [1.82, 2.24) is 9.55 Å². The number of carboxylic acids is 1. The number of benzene rings is 1. The molecule has 2 aromatic rings. The molecule has 2 rings (SSSR count). The fourth-order valence-corrected chi connectivity index (χ4v) is 1.57. The predicted molar refractivity (Wildman–Crippen MR) is 66.4 cm³/mol. The van der Waals surface area contributed by atoms with Gasteiger partial charge < -0.3 is 9.67 Å². The summed E-state index contributed by atoms with van der Waals surface area (Å²) in [5.41, 5.74) is 1.13. The first-order valence-electron chi connectivity index (χ1n) is 5.01. The van der Waals surface area contributed by atoms with Gasteiger partial charge in [-0.1, -0.05) is 30.3 Å². The number of imidazole rings is 1. The van der Waals surface area contributed by atoms with Crippen molar-refractivity contribution in [1.29, 1.82) is 0 Å². The second-order valence-corrected chi connectivity index (χ2v) is 3.53. The third-order valence-electron chi connectivity index (χ3n) is 2.31. The monoisotopic (exact) mass is 252 g/mol. The van der Waals surface area contributed by atoms with Crippen molar-refractivity contribution in [2.75, 3.05) is 0 Å². The van der Waals surface area contributed by atoms with E-state index in [2.05, 4.69) is 4.98 Å². The van der Waals surface area contributed by atoms with Crippen LogP contribution in [0.3, 0.4) is 0 Å². The lowest BCUT2D eigenvalue weighted by Gasteiger charge is -2.06. The fourth-order valence-electron chi connectivity index (χ4n) is 1.57. The zero-order chi connectivity index (χ0) is 11.4. The molecule has 0 spiro atoms. The van der Waals surface area contributed by atoms with E-state index in [-0.39, 0.29) is 18.8 Å². The second kappa shape index (κ2) is 6.06. The van der Waals surface area contributed by atoms with E-state index in [1.54, 1.807) is 12.4 Å². The van der Waals surface area contributed by atoms with E-state index < -0.39 is 5.97 Å². The Morgan fingerprint density at radius 1 is 1.29 bits per heavy atom. The van der Waals surface area contributed by atoms with Gasteiger partial charge in [0, 0.05) is 18.9 Å². The van der Waals surface area contributed by atoms with Crippen LogP contribution in [0, 0.1) is 0 Å². The number of halogens is 1. The molecule has 0 radical (unpaired) electrons. The number of nitrogens with zero attached hydrogens (tertiary/aromatic N) is 2. The molecule has 1 aromatic heterocycles. The van der Waals surface area contributed by atoms with Gasteiger partial charge >= 0.3 is 5.97 Å². The molecule has 0 aliphatic rings. The number of hydrogen-bond donors (Lipinski definition) is 1. The minimum absolute atomic E-state index is 0. The largest absolute Gasteiger partial charge is 0.481 e. The summed E-state index contributed by atoms with van der Waals surface area (Å²) in [6.07, 6.45) is 3.38. The van der Waals surface area contributed by atoms with Gasteiger partial charge in [0.15, 0.2) is 0 Å². The maximum absolute atomic E-state index is 10.6. The van der Waals surface area contributed by atoms with Crippen LogP contribution in [0.25, 0.3) is 0 Å². The molecule has 4 nitrogen and oxygen atoms in total. The van der Waals surface area contributed by atoms with Crippen LogP contribution < -0.4 is 0 Å². The molecule has 0 amide bonds. The average molecular weight is 253 g/mol. The van der Waals surface area contributed by atoms with Gasteiger partial charge in [-0.05, 0) is 5.56 Å². The van der Waals surface area contributed by atoms with Crippen molar-refractivity contribution >= 4 is 18.4 Å². The van der Waals surface area contributed by atoms with Crippen LogP contribution in [-0.2, 0) is 17.8 Å². The molecule has 0 saturated carbocycles. The molecule has 0 fully saturated rings. The lowest BCUT2D eigenvalue weighted by atomic mass is 10.2. The maximum atomic E-state index is 10.6. The molecule has 1 aromatic carbocycles. The van der Waals surface area contributed by atoms with Crippen LogP contribution in [0.5, 0.6) is 0 Å². The molecule has 90 valence electrons. The molecule has 0 saturated heterocycles. The van der Waals surface area contributed by atoms with Crippen molar-refractivity contribution in [3.05, 3.63) is 54.1 Å². The average Bonchev–Trinajstić information content (AvgIpc) is 2.66. The van der Waals surface area contributed by atoms with E-state index >= 15 is 0 Å².